The molecule has 1 aromatic heterocycles. The van der Waals surface area contributed by atoms with Crippen molar-refractivity contribution in [3.8, 4) is 0 Å². The molecule has 0 spiro atoms. The van der Waals surface area contributed by atoms with Gasteiger partial charge in [0.25, 0.3) is 0 Å². The van der Waals surface area contributed by atoms with Gasteiger partial charge in [-0.1, -0.05) is 29.8 Å². The van der Waals surface area contributed by atoms with Crippen LogP contribution in [0.4, 0.5) is 0 Å². The van der Waals surface area contributed by atoms with Crippen LogP contribution in [0.3, 0.4) is 0 Å². The molecular weight excluding hydrogens is 262 g/mol. The van der Waals surface area contributed by atoms with Gasteiger partial charge < -0.3 is 4.74 Å². The van der Waals surface area contributed by atoms with E-state index in [1.54, 1.807) is 36.7 Å². The monoisotopic (exact) mass is 273 g/mol. The smallest absolute Gasteiger partial charge is 0.338 e. The normalized spacial score (nSPS) is 11.2. The number of esters is 1. The van der Waals surface area contributed by atoms with E-state index < -0.39 is 5.97 Å². The molecule has 0 radical (unpaired) electrons. The van der Waals surface area contributed by atoms with Crippen LogP contribution in [0.5, 0.6) is 0 Å². The molecule has 1 aromatic carbocycles. The van der Waals surface area contributed by atoms with E-state index in [-0.39, 0.29) is 0 Å². The number of halogens is 1. The van der Waals surface area contributed by atoms with Crippen LogP contribution in [-0.2, 0) is 9.53 Å². The highest BCUT2D eigenvalue weighted by Gasteiger charge is 2.12. The Kier molecular flexibility index (Phi) is 4.31. The lowest BCUT2D eigenvalue weighted by Crippen LogP contribution is -2.04. The van der Waals surface area contributed by atoms with Gasteiger partial charge in [0.1, 0.15) is 0 Å². The second-order valence-corrected chi connectivity index (χ2v) is 4.28. The van der Waals surface area contributed by atoms with Crippen molar-refractivity contribution in [2.45, 2.75) is 0 Å². The van der Waals surface area contributed by atoms with Gasteiger partial charge in [0.05, 0.1) is 12.7 Å². The van der Waals surface area contributed by atoms with E-state index in [0.717, 1.165) is 5.56 Å². The molecule has 0 aliphatic rings. The molecular formula is C15H12ClNO2. The standard InChI is InChI=1S/C15H12ClNO2/c1-19-15(18)14(12-3-2-8-17-10-12)9-11-4-6-13(16)7-5-11/h2-10H,1H3/b14-9+. The van der Waals surface area contributed by atoms with Gasteiger partial charge in [-0.2, -0.15) is 0 Å². The Bertz CT molecular complexity index is 591. The van der Waals surface area contributed by atoms with Crippen LogP contribution in [-0.4, -0.2) is 18.1 Å². The lowest BCUT2D eigenvalue weighted by atomic mass is 10.0. The highest BCUT2D eigenvalue weighted by atomic mass is 35.5. The van der Waals surface area contributed by atoms with E-state index in [1.807, 2.05) is 18.2 Å². The third-order valence-electron chi connectivity index (χ3n) is 2.56. The van der Waals surface area contributed by atoms with Gasteiger partial charge in [-0.25, -0.2) is 4.79 Å². The van der Waals surface area contributed by atoms with Crippen molar-refractivity contribution in [3.63, 3.8) is 0 Å². The quantitative estimate of drug-likeness (QED) is 0.635. The molecule has 0 unspecified atom stereocenters. The fourth-order valence-electron chi connectivity index (χ4n) is 1.62. The summed E-state index contributed by atoms with van der Waals surface area (Å²) in [5.74, 6) is -0.400. The Morgan fingerprint density at radius 1 is 1.26 bits per heavy atom. The lowest BCUT2D eigenvalue weighted by Gasteiger charge is -2.05. The number of ether oxygens (including phenoxy) is 1. The maximum absolute atomic E-state index is 11.8. The van der Waals surface area contributed by atoms with Crippen molar-refractivity contribution in [1.82, 2.24) is 4.98 Å². The predicted molar refractivity (Wildman–Crippen MR) is 75.6 cm³/mol. The van der Waals surface area contributed by atoms with Crippen molar-refractivity contribution in [2.75, 3.05) is 7.11 Å². The molecule has 0 aliphatic carbocycles. The molecule has 0 N–H and O–H groups in total. The van der Waals surface area contributed by atoms with Gasteiger partial charge in [0.15, 0.2) is 0 Å². The van der Waals surface area contributed by atoms with E-state index in [2.05, 4.69) is 4.98 Å². The topological polar surface area (TPSA) is 39.2 Å². The molecule has 0 amide bonds. The summed E-state index contributed by atoms with van der Waals surface area (Å²) in [6.45, 7) is 0. The number of methoxy groups -OCH3 is 1. The number of hydrogen-bond acceptors (Lipinski definition) is 3. The van der Waals surface area contributed by atoms with Crippen LogP contribution in [0, 0.1) is 0 Å². The Morgan fingerprint density at radius 3 is 2.58 bits per heavy atom. The number of carbonyl (C=O) groups excluding carboxylic acids is 1. The minimum Gasteiger partial charge on any atom is -0.465 e. The molecule has 1 heterocycles. The first-order valence-corrected chi connectivity index (χ1v) is 6.04. The van der Waals surface area contributed by atoms with Gasteiger partial charge in [-0.15, -0.1) is 0 Å². The number of hydrogen-bond donors (Lipinski definition) is 0. The molecule has 0 fully saturated rings. The largest absolute Gasteiger partial charge is 0.465 e. The summed E-state index contributed by atoms with van der Waals surface area (Å²) in [5, 5.41) is 0.651. The summed E-state index contributed by atoms with van der Waals surface area (Å²) in [7, 11) is 1.36. The first-order valence-electron chi connectivity index (χ1n) is 5.66. The Morgan fingerprint density at radius 2 is 2.00 bits per heavy atom. The summed E-state index contributed by atoms with van der Waals surface area (Å²) in [4.78, 5) is 15.8. The zero-order chi connectivity index (χ0) is 13.7. The summed E-state index contributed by atoms with van der Waals surface area (Å²) in [6, 6.07) is 10.8. The van der Waals surface area contributed by atoms with Gasteiger partial charge >= 0.3 is 5.97 Å². The minimum atomic E-state index is -0.400. The molecule has 96 valence electrons. The first-order chi connectivity index (χ1) is 9.20. The average molecular weight is 274 g/mol. The molecule has 0 aliphatic heterocycles. The van der Waals surface area contributed by atoms with E-state index in [0.29, 0.717) is 16.2 Å². The Hall–Kier alpha value is -2.13. The zero-order valence-corrected chi connectivity index (χ0v) is 11.1. The van der Waals surface area contributed by atoms with Crippen LogP contribution in [0.1, 0.15) is 11.1 Å². The summed E-state index contributed by atoms with van der Waals surface area (Å²) >= 11 is 5.83. The number of aromatic nitrogens is 1. The number of benzene rings is 1. The molecule has 4 heteroatoms. The van der Waals surface area contributed by atoms with Crippen molar-refractivity contribution in [2.24, 2.45) is 0 Å². The van der Waals surface area contributed by atoms with E-state index in [9.17, 15) is 4.79 Å². The molecule has 19 heavy (non-hydrogen) atoms. The summed E-state index contributed by atoms with van der Waals surface area (Å²) in [5.41, 5.74) is 2.04. The lowest BCUT2D eigenvalue weighted by molar-refractivity contribution is -0.133. The molecule has 0 bridgehead atoms. The molecule has 0 saturated heterocycles. The third-order valence-corrected chi connectivity index (χ3v) is 2.81. The average Bonchev–Trinajstić information content (AvgIpc) is 2.47. The van der Waals surface area contributed by atoms with Gasteiger partial charge in [-0.05, 0) is 29.8 Å². The third kappa shape index (κ3) is 3.42. The van der Waals surface area contributed by atoms with Crippen LogP contribution in [0.2, 0.25) is 5.02 Å². The second-order valence-electron chi connectivity index (χ2n) is 3.84. The number of pyridine rings is 1. The van der Waals surface area contributed by atoms with Gasteiger partial charge in [0.2, 0.25) is 0 Å². The molecule has 0 atom stereocenters. The van der Waals surface area contributed by atoms with E-state index in [4.69, 9.17) is 16.3 Å². The Labute approximate surface area is 116 Å². The van der Waals surface area contributed by atoms with Crippen molar-refractivity contribution >= 4 is 29.2 Å². The molecule has 2 aromatic rings. The summed E-state index contributed by atoms with van der Waals surface area (Å²) < 4.78 is 4.80. The molecule has 0 saturated carbocycles. The Balaban J connectivity index is 2.44. The fourth-order valence-corrected chi connectivity index (χ4v) is 1.74. The highest BCUT2D eigenvalue weighted by molar-refractivity contribution is 6.30. The molecule has 3 nitrogen and oxygen atoms in total. The maximum atomic E-state index is 11.8. The second kappa shape index (κ2) is 6.16. The van der Waals surface area contributed by atoms with Crippen LogP contribution < -0.4 is 0 Å². The number of carbonyl (C=O) groups is 1. The van der Waals surface area contributed by atoms with Gasteiger partial charge in [-0.3, -0.25) is 4.98 Å². The SMILES string of the molecule is COC(=O)/C(=C/c1ccc(Cl)cc1)c1cccnc1. The highest BCUT2D eigenvalue weighted by Crippen LogP contribution is 2.20. The fraction of sp³-hybridized carbons (Fsp3) is 0.0667. The van der Waals surface area contributed by atoms with Crippen molar-refractivity contribution in [3.05, 3.63) is 64.9 Å². The summed E-state index contributed by atoms with van der Waals surface area (Å²) in [6.07, 6.45) is 5.03. The predicted octanol–water partition coefficient (Wildman–Crippen LogP) is 3.45. The van der Waals surface area contributed by atoms with E-state index in [1.165, 1.54) is 7.11 Å². The van der Waals surface area contributed by atoms with Gasteiger partial charge in [0, 0.05) is 23.0 Å². The zero-order valence-electron chi connectivity index (χ0n) is 10.3. The van der Waals surface area contributed by atoms with Crippen LogP contribution in [0.25, 0.3) is 11.6 Å². The van der Waals surface area contributed by atoms with E-state index >= 15 is 0 Å². The maximum Gasteiger partial charge on any atom is 0.338 e. The van der Waals surface area contributed by atoms with Crippen molar-refractivity contribution < 1.29 is 9.53 Å². The number of rotatable bonds is 3. The van der Waals surface area contributed by atoms with Crippen LogP contribution >= 0.6 is 11.6 Å². The van der Waals surface area contributed by atoms with Crippen molar-refractivity contribution in [1.29, 1.82) is 0 Å². The number of nitrogens with zero attached hydrogens (tertiary/aromatic N) is 1. The minimum absolute atomic E-state index is 0.400. The molecule has 2 rings (SSSR count). The first kappa shape index (κ1) is 13.3. The van der Waals surface area contributed by atoms with Crippen LogP contribution in [0.15, 0.2) is 48.8 Å².